The number of rotatable bonds is 5. The molecule has 1 aromatic rings. The predicted molar refractivity (Wildman–Crippen MR) is 62.8 cm³/mol. The Hall–Kier alpha value is -1.51. The normalized spacial score (nSPS) is 10.2. The van der Waals surface area contributed by atoms with E-state index in [9.17, 15) is 4.79 Å². The van der Waals surface area contributed by atoms with Crippen LogP contribution >= 0.6 is 0 Å². The smallest absolute Gasteiger partial charge is 0.338 e. The summed E-state index contributed by atoms with van der Waals surface area (Å²) in [5, 5.41) is 0. The van der Waals surface area contributed by atoms with Crippen molar-refractivity contribution >= 4 is 5.97 Å². The lowest BCUT2D eigenvalue weighted by Crippen LogP contribution is -2.11. The first kappa shape index (κ1) is 12.6. The Labute approximate surface area is 96.4 Å². The second-order valence-electron chi connectivity index (χ2n) is 3.83. The molecule has 0 heterocycles. The molecule has 16 heavy (non-hydrogen) atoms. The van der Waals surface area contributed by atoms with Gasteiger partial charge in [-0.2, -0.15) is 0 Å². The maximum absolute atomic E-state index is 11.6. The Kier molecular flexibility index (Phi) is 4.83. The van der Waals surface area contributed by atoms with Crippen LogP contribution in [-0.2, 0) is 4.74 Å². The van der Waals surface area contributed by atoms with Gasteiger partial charge in [-0.3, -0.25) is 0 Å². The summed E-state index contributed by atoms with van der Waals surface area (Å²) in [5.74, 6) is 0.400. The zero-order chi connectivity index (χ0) is 12.0. The second kappa shape index (κ2) is 6.16. The van der Waals surface area contributed by atoms with E-state index in [0.717, 1.165) is 6.42 Å². The summed E-state index contributed by atoms with van der Waals surface area (Å²) in [4.78, 5) is 11.6. The summed E-state index contributed by atoms with van der Waals surface area (Å²) >= 11 is 0. The molecule has 0 spiro atoms. The van der Waals surface area contributed by atoms with Crippen LogP contribution in [0.25, 0.3) is 0 Å². The van der Waals surface area contributed by atoms with Crippen LogP contribution in [0, 0.1) is 0 Å². The molecule has 0 aliphatic carbocycles. The van der Waals surface area contributed by atoms with Crippen molar-refractivity contribution in [2.45, 2.75) is 33.3 Å². The summed E-state index contributed by atoms with van der Waals surface area (Å²) in [5.41, 5.74) is 0.530. The molecule has 0 fully saturated rings. The van der Waals surface area contributed by atoms with Crippen molar-refractivity contribution < 1.29 is 14.3 Å². The zero-order valence-corrected chi connectivity index (χ0v) is 10.0. The van der Waals surface area contributed by atoms with Gasteiger partial charge in [-0.05, 0) is 38.5 Å². The molecule has 0 aromatic heterocycles. The highest BCUT2D eigenvalue weighted by molar-refractivity contribution is 5.89. The molecule has 0 unspecified atom stereocenters. The third-order valence-corrected chi connectivity index (χ3v) is 1.89. The highest BCUT2D eigenvalue weighted by atomic mass is 16.5. The molecule has 0 amide bonds. The first-order valence-corrected chi connectivity index (χ1v) is 5.57. The van der Waals surface area contributed by atoms with Gasteiger partial charge in [0.15, 0.2) is 0 Å². The summed E-state index contributed by atoms with van der Waals surface area (Å²) in [6.07, 6.45) is 0.841. The summed E-state index contributed by atoms with van der Waals surface area (Å²) in [6, 6.07) is 7.06. The third-order valence-electron chi connectivity index (χ3n) is 1.89. The number of ether oxygens (including phenoxy) is 2. The molecule has 0 atom stereocenters. The lowest BCUT2D eigenvalue weighted by molar-refractivity contribution is 0.0377. The SMILES string of the molecule is CCCOc1cccc(C(=O)OC(C)C)c1. The lowest BCUT2D eigenvalue weighted by Gasteiger charge is -2.09. The molecule has 0 saturated carbocycles. The van der Waals surface area contributed by atoms with Crippen molar-refractivity contribution in [1.29, 1.82) is 0 Å². The maximum atomic E-state index is 11.6. The summed E-state index contributed by atoms with van der Waals surface area (Å²) < 4.78 is 10.5. The quantitative estimate of drug-likeness (QED) is 0.718. The van der Waals surface area contributed by atoms with Gasteiger partial charge in [0.1, 0.15) is 5.75 Å². The molecule has 0 aliphatic heterocycles. The molecule has 3 heteroatoms. The average Bonchev–Trinajstić information content (AvgIpc) is 2.26. The Morgan fingerprint density at radius 3 is 2.75 bits per heavy atom. The monoisotopic (exact) mass is 222 g/mol. The van der Waals surface area contributed by atoms with Crippen molar-refractivity contribution in [3.63, 3.8) is 0 Å². The van der Waals surface area contributed by atoms with Crippen LogP contribution in [-0.4, -0.2) is 18.7 Å². The highest BCUT2D eigenvalue weighted by Gasteiger charge is 2.09. The number of benzene rings is 1. The van der Waals surface area contributed by atoms with Gasteiger partial charge < -0.3 is 9.47 Å². The van der Waals surface area contributed by atoms with Crippen LogP contribution in [0.15, 0.2) is 24.3 Å². The predicted octanol–water partition coefficient (Wildman–Crippen LogP) is 3.04. The molecule has 3 nitrogen and oxygen atoms in total. The van der Waals surface area contributed by atoms with Crippen molar-refractivity contribution in [3.05, 3.63) is 29.8 Å². The molecule has 0 bridgehead atoms. The minimum Gasteiger partial charge on any atom is -0.494 e. The van der Waals surface area contributed by atoms with Crippen molar-refractivity contribution in [1.82, 2.24) is 0 Å². The highest BCUT2D eigenvalue weighted by Crippen LogP contribution is 2.14. The van der Waals surface area contributed by atoms with Gasteiger partial charge in [-0.25, -0.2) is 4.79 Å². The topological polar surface area (TPSA) is 35.5 Å². The van der Waals surface area contributed by atoms with E-state index in [0.29, 0.717) is 17.9 Å². The Balaban J connectivity index is 2.69. The fourth-order valence-electron chi connectivity index (χ4n) is 1.21. The van der Waals surface area contributed by atoms with Gasteiger partial charge in [0, 0.05) is 0 Å². The van der Waals surface area contributed by atoms with E-state index in [2.05, 4.69) is 0 Å². The van der Waals surface area contributed by atoms with Gasteiger partial charge in [0.05, 0.1) is 18.3 Å². The van der Waals surface area contributed by atoms with Crippen LogP contribution < -0.4 is 4.74 Å². The average molecular weight is 222 g/mol. The third kappa shape index (κ3) is 3.93. The Morgan fingerprint density at radius 2 is 2.12 bits per heavy atom. The van der Waals surface area contributed by atoms with Crippen LogP contribution in [0.2, 0.25) is 0 Å². The van der Waals surface area contributed by atoms with Gasteiger partial charge in [0.2, 0.25) is 0 Å². The van der Waals surface area contributed by atoms with Crippen molar-refractivity contribution in [2.75, 3.05) is 6.61 Å². The molecule has 0 aliphatic rings. The summed E-state index contributed by atoms with van der Waals surface area (Å²) in [7, 11) is 0. The largest absolute Gasteiger partial charge is 0.494 e. The van der Waals surface area contributed by atoms with Gasteiger partial charge >= 0.3 is 5.97 Å². The second-order valence-corrected chi connectivity index (χ2v) is 3.83. The number of carbonyl (C=O) groups is 1. The maximum Gasteiger partial charge on any atom is 0.338 e. The van der Waals surface area contributed by atoms with Crippen LogP contribution in [0.3, 0.4) is 0 Å². The van der Waals surface area contributed by atoms with Crippen molar-refractivity contribution in [2.24, 2.45) is 0 Å². The van der Waals surface area contributed by atoms with Gasteiger partial charge in [-0.15, -0.1) is 0 Å². The molecule has 88 valence electrons. The molecular formula is C13H18O3. The van der Waals surface area contributed by atoms with Gasteiger partial charge in [0.25, 0.3) is 0 Å². The van der Waals surface area contributed by atoms with E-state index in [-0.39, 0.29) is 12.1 Å². The standard InChI is InChI=1S/C13H18O3/c1-4-8-15-12-7-5-6-11(9-12)13(14)16-10(2)3/h5-7,9-10H,4,8H2,1-3H3. The number of hydrogen-bond donors (Lipinski definition) is 0. The molecular weight excluding hydrogens is 204 g/mol. The fraction of sp³-hybridized carbons (Fsp3) is 0.462. The van der Waals surface area contributed by atoms with E-state index >= 15 is 0 Å². The van der Waals surface area contributed by atoms with E-state index in [1.807, 2.05) is 26.8 Å². The van der Waals surface area contributed by atoms with E-state index in [1.54, 1.807) is 18.2 Å². The van der Waals surface area contributed by atoms with E-state index in [1.165, 1.54) is 0 Å². The minimum atomic E-state index is -0.308. The Bertz CT molecular complexity index is 345. The van der Waals surface area contributed by atoms with E-state index in [4.69, 9.17) is 9.47 Å². The van der Waals surface area contributed by atoms with E-state index < -0.39 is 0 Å². The minimum absolute atomic E-state index is 0.104. The van der Waals surface area contributed by atoms with Crippen LogP contribution in [0.1, 0.15) is 37.6 Å². The first-order valence-electron chi connectivity index (χ1n) is 5.57. The lowest BCUT2D eigenvalue weighted by atomic mass is 10.2. The first-order chi connectivity index (χ1) is 7.63. The molecule has 0 saturated heterocycles. The van der Waals surface area contributed by atoms with Gasteiger partial charge in [-0.1, -0.05) is 13.0 Å². The van der Waals surface area contributed by atoms with Crippen LogP contribution in [0.5, 0.6) is 5.75 Å². The zero-order valence-electron chi connectivity index (χ0n) is 10.0. The molecule has 0 radical (unpaired) electrons. The summed E-state index contributed by atoms with van der Waals surface area (Å²) in [6.45, 7) is 6.35. The number of carbonyl (C=O) groups excluding carboxylic acids is 1. The number of esters is 1. The molecule has 1 aromatic carbocycles. The number of hydrogen-bond acceptors (Lipinski definition) is 3. The molecule has 0 N–H and O–H groups in total. The Morgan fingerprint density at radius 1 is 1.38 bits per heavy atom. The van der Waals surface area contributed by atoms with Crippen molar-refractivity contribution in [3.8, 4) is 5.75 Å². The van der Waals surface area contributed by atoms with Crippen LogP contribution in [0.4, 0.5) is 0 Å². The fourth-order valence-corrected chi connectivity index (χ4v) is 1.21. The molecule has 1 rings (SSSR count).